The number of anilines is 2. The molecule has 2 aromatic heterocycles. The van der Waals surface area contributed by atoms with Crippen molar-refractivity contribution in [2.24, 2.45) is 5.84 Å². The van der Waals surface area contributed by atoms with E-state index in [1.807, 2.05) is 13.8 Å². The number of thiophene rings is 1. The van der Waals surface area contributed by atoms with E-state index >= 15 is 0 Å². The van der Waals surface area contributed by atoms with Gasteiger partial charge in [-0.15, -0.1) is 11.3 Å². The molecular formula is C14H19N5S. The fourth-order valence-electron chi connectivity index (χ4n) is 2.37. The average Bonchev–Trinajstić information content (AvgIpc) is 3.15. The number of aryl methyl sites for hydroxylation is 1. The molecule has 1 fully saturated rings. The number of rotatable bonds is 5. The zero-order valence-electron chi connectivity index (χ0n) is 11.8. The molecule has 1 saturated carbocycles. The fraction of sp³-hybridized carbons (Fsp3) is 0.429. The van der Waals surface area contributed by atoms with Crippen molar-refractivity contribution in [3.63, 3.8) is 0 Å². The quantitative estimate of drug-likeness (QED) is 0.654. The van der Waals surface area contributed by atoms with Gasteiger partial charge in [0, 0.05) is 16.5 Å². The molecule has 3 rings (SSSR count). The van der Waals surface area contributed by atoms with Crippen LogP contribution >= 0.6 is 11.3 Å². The Labute approximate surface area is 122 Å². The van der Waals surface area contributed by atoms with E-state index in [0.29, 0.717) is 11.9 Å². The predicted octanol–water partition coefficient (Wildman–Crippen LogP) is 2.61. The SMILES string of the molecule is Cc1nc(NN)c(C)c(N(Cc2cccs2)C2CC2)n1. The zero-order chi connectivity index (χ0) is 14.1. The molecule has 3 N–H and O–H groups in total. The monoisotopic (exact) mass is 289 g/mol. The van der Waals surface area contributed by atoms with Gasteiger partial charge < -0.3 is 10.3 Å². The van der Waals surface area contributed by atoms with Gasteiger partial charge in [0.15, 0.2) is 0 Å². The van der Waals surface area contributed by atoms with Crippen LogP contribution in [0, 0.1) is 13.8 Å². The second-order valence-corrected chi connectivity index (χ2v) is 6.18. The Morgan fingerprint density at radius 1 is 1.40 bits per heavy atom. The first-order valence-electron chi connectivity index (χ1n) is 6.80. The van der Waals surface area contributed by atoms with Crippen molar-refractivity contribution >= 4 is 23.0 Å². The van der Waals surface area contributed by atoms with Crippen molar-refractivity contribution < 1.29 is 0 Å². The molecule has 6 heteroatoms. The van der Waals surface area contributed by atoms with Crippen LogP contribution in [0.4, 0.5) is 11.6 Å². The lowest BCUT2D eigenvalue weighted by Gasteiger charge is -2.25. The number of hydrazine groups is 1. The lowest BCUT2D eigenvalue weighted by atomic mass is 10.2. The number of nitrogens with two attached hydrogens (primary N) is 1. The highest BCUT2D eigenvalue weighted by molar-refractivity contribution is 7.09. The molecule has 0 amide bonds. The van der Waals surface area contributed by atoms with Gasteiger partial charge in [0.1, 0.15) is 17.5 Å². The van der Waals surface area contributed by atoms with E-state index < -0.39 is 0 Å². The van der Waals surface area contributed by atoms with E-state index in [1.165, 1.54) is 17.7 Å². The third-order valence-electron chi connectivity index (χ3n) is 3.53. The summed E-state index contributed by atoms with van der Waals surface area (Å²) in [5, 5.41) is 2.12. The fourth-order valence-corrected chi connectivity index (χ4v) is 3.07. The smallest absolute Gasteiger partial charge is 0.148 e. The zero-order valence-corrected chi connectivity index (χ0v) is 12.6. The van der Waals surface area contributed by atoms with Crippen LogP contribution in [-0.2, 0) is 6.54 Å². The summed E-state index contributed by atoms with van der Waals surface area (Å²) in [5.74, 6) is 8.02. The van der Waals surface area contributed by atoms with Crippen LogP contribution in [0.25, 0.3) is 0 Å². The molecule has 1 aliphatic rings. The molecule has 0 saturated heterocycles. The summed E-state index contributed by atoms with van der Waals surface area (Å²) in [4.78, 5) is 12.7. The summed E-state index contributed by atoms with van der Waals surface area (Å²) in [6.07, 6.45) is 2.47. The van der Waals surface area contributed by atoms with Crippen molar-refractivity contribution in [2.45, 2.75) is 39.3 Å². The Morgan fingerprint density at radius 2 is 2.20 bits per heavy atom. The van der Waals surface area contributed by atoms with Gasteiger partial charge in [-0.2, -0.15) is 0 Å². The molecule has 20 heavy (non-hydrogen) atoms. The topological polar surface area (TPSA) is 67.1 Å². The highest BCUT2D eigenvalue weighted by Gasteiger charge is 2.32. The van der Waals surface area contributed by atoms with Crippen molar-refractivity contribution in [2.75, 3.05) is 10.3 Å². The van der Waals surface area contributed by atoms with Crippen molar-refractivity contribution in [3.8, 4) is 0 Å². The highest BCUT2D eigenvalue weighted by atomic mass is 32.1. The van der Waals surface area contributed by atoms with Crippen LogP contribution < -0.4 is 16.2 Å². The molecule has 1 aliphatic carbocycles. The van der Waals surface area contributed by atoms with Crippen LogP contribution in [0.15, 0.2) is 17.5 Å². The van der Waals surface area contributed by atoms with E-state index in [9.17, 15) is 0 Å². The summed E-state index contributed by atoms with van der Waals surface area (Å²) in [7, 11) is 0. The van der Waals surface area contributed by atoms with Crippen LogP contribution in [0.2, 0.25) is 0 Å². The maximum Gasteiger partial charge on any atom is 0.148 e. The first-order valence-corrected chi connectivity index (χ1v) is 7.68. The second kappa shape index (κ2) is 5.38. The first kappa shape index (κ1) is 13.3. The van der Waals surface area contributed by atoms with Crippen molar-refractivity contribution in [3.05, 3.63) is 33.8 Å². The minimum absolute atomic E-state index is 0.593. The summed E-state index contributed by atoms with van der Waals surface area (Å²) in [6, 6.07) is 4.86. The molecule has 2 aromatic rings. The Morgan fingerprint density at radius 3 is 2.80 bits per heavy atom. The average molecular weight is 289 g/mol. The minimum Gasteiger partial charge on any atom is -0.348 e. The van der Waals surface area contributed by atoms with E-state index in [0.717, 1.165) is 23.8 Å². The van der Waals surface area contributed by atoms with E-state index in [2.05, 4.69) is 37.8 Å². The largest absolute Gasteiger partial charge is 0.348 e. The van der Waals surface area contributed by atoms with Crippen LogP contribution in [0.3, 0.4) is 0 Å². The Bertz CT molecular complexity index is 592. The second-order valence-electron chi connectivity index (χ2n) is 5.15. The highest BCUT2D eigenvalue weighted by Crippen LogP contribution is 2.35. The maximum absolute atomic E-state index is 5.56. The first-order chi connectivity index (χ1) is 9.69. The lowest BCUT2D eigenvalue weighted by Crippen LogP contribution is -2.27. The third kappa shape index (κ3) is 2.62. The predicted molar refractivity (Wildman–Crippen MR) is 82.8 cm³/mol. The Balaban J connectivity index is 1.97. The van der Waals surface area contributed by atoms with Crippen LogP contribution in [0.5, 0.6) is 0 Å². The normalized spacial score (nSPS) is 14.3. The third-order valence-corrected chi connectivity index (χ3v) is 4.40. The molecule has 0 aromatic carbocycles. The molecule has 106 valence electrons. The van der Waals surface area contributed by atoms with Gasteiger partial charge in [0.2, 0.25) is 0 Å². The van der Waals surface area contributed by atoms with Gasteiger partial charge in [0.25, 0.3) is 0 Å². The number of nitrogens with one attached hydrogen (secondary N) is 1. The summed E-state index contributed by atoms with van der Waals surface area (Å²) in [5.41, 5.74) is 3.69. The van der Waals surface area contributed by atoms with Gasteiger partial charge >= 0.3 is 0 Å². The van der Waals surface area contributed by atoms with E-state index in [1.54, 1.807) is 11.3 Å². The number of aromatic nitrogens is 2. The summed E-state index contributed by atoms with van der Waals surface area (Å²) < 4.78 is 0. The molecule has 2 heterocycles. The Kier molecular flexibility index (Phi) is 3.58. The Hall–Kier alpha value is -1.66. The number of nitrogen functional groups attached to an aromatic ring is 1. The molecule has 0 spiro atoms. The van der Waals surface area contributed by atoms with Crippen LogP contribution in [-0.4, -0.2) is 16.0 Å². The van der Waals surface area contributed by atoms with Gasteiger partial charge in [-0.3, -0.25) is 0 Å². The molecule has 5 nitrogen and oxygen atoms in total. The van der Waals surface area contributed by atoms with Gasteiger partial charge in [-0.05, 0) is 38.1 Å². The van der Waals surface area contributed by atoms with Gasteiger partial charge in [-0.1, -0.05) is 6.07 Å². The maximum atomic E-state index is 5.56. The van der Waals surface area contributed by atoms with E-state index in [4.69, 9.17) is 5.84 Å². The van der Waals surface area contributed by atoms with E-state index in [-0.39, 0.29) is 0 Å². The number of hydrogen-bond acceptors (Lipinski definition) is 6. The lowest BCUT2D eigenvalue weighted by molar-refractivity contribution is 0.773. The molecule has 0 atom stereocenters. The molecular weight excluding hydrogens is 270 g/mol. The molecule has 0 aliphatic heterocycles. The molecule has 0 bridgehead atoms. The summed E-state index contributed by atoms with van der Waals surface area (Å²) in [6.45, 7) is 4.83. The minimum atomic E-state index is 0.593. The van der Waals surface area contributed by atoms with Gasteiger partial charge in [0.05, 0.1) is 6.54 Å². The summed E-state index contributed by atoms with van der Waals surface area (Å²) >= 11 is 1.79. The standard InChI is InChI=1S/C14H19N5S/c1-9-13(18-15)16-10(2)17-14(9)19(11-5-6-11)8-12-4-3-7-20-12/h3-4,7,11H,5-6,8,15H2,1-2H3,(H,16,17,18). The van der Waals surface area contributed by atoms with Crippen molar-refractivity contribution in [1.82, 2.24) is 9.97 Å². The van der Waals surface area contributed by atoms with Gasteiger partial charge in [-0.25, -0.2) is 15.8 Å². The number of nitrogens with zero attached hydrogens (tertiary/aromatic N) is 3. The molecule has 0 radical (unpaired) electrons. The molecule has 0 unspecified atom stereocenters. The van der Waals surface area contributed by atoms with Crippen molar-refractivity contribution in [1.29, 1.82) is 0 Å². The number of hydrogen-bond donors (Lipinski definition) is 2. The van der Waals surface area contributed by atoms with Crippen LogP contribution in [0.1, 0.15) is 29.1 Å².